The molecule has 0 unspecified atom stereocenters. The van der Waals surface area contributed by atoms with Crippen molar-refractivity contribution in [2.45, 2.75) is 6.42 Å². The van der Waals surface area contributed by atoms with Crippen molar-refractivity contribution in [1.29, 1.82) is 0 Å². The molecule has 0 bridgehead atoms. The summed E-state index contributed by atoms with van der Waals surface area (Å²) in [6.07, 6.45) is 5.01. The Labute approximate surface area is 108 Å². The number of hydrogen-bond donors (Lipinski definition) is 1. The van der Waals surface area contributed by atoms with Crippen molar-refractivity contribution >= 4 is 29.2 Å². The van der Waals surface area contributed by atoms with E-state index in [9.17, 15) is 14.4 Å². The maximum atomic E-state index is 11.9. The van der Waals surface area contributed by atoms with Crippen LogP contribution in [-0.2, 0) is 4.79 Å². The van der Waals surface area contributed by atoms with Crippen molar-refractivity contribution in [3.05, 3.63) is 51.9 Å². The zero-order valence-electron chi connectivity index (χ0n) is 9.96. The molecule has 0 aliphatic carbocycles. The predicted octanol–water partition coefficient (Wildman–Crippen LogP) is 1.49. The number of benzene rings is 1. The number of rotatable bonds is 4. The fourth-order valence-electron chi connectivity index (χ4n) is 1.66. The first kappa shape index (κ1) is 12.8. The molecule has 0 saturated heterocycles. The number of hydrogen-bond acceptors (Lipinski definition) is 4. The minimum atomic E-state index is -0.431. The van der Waals surface area contributed by atoms with Crippen LogP contribution in [0, 0.1) is 0 Å². The van der Waals surface area contributed by atoms with Crippen LogP contribution >= 0.6 is 0 Å². The van der Waals surface area contributed by atoms with E-state index in [1.54, 1.807) is 30.4 Å². The summed E-state index contributed by atoms with van der Waals surface area (Å²) in [5, 5.41) is 0.325. The Morgan fingerprint density at radius 2 is 2.16 bits per heavy atom. The molecule has 0 atom stereocenters. The molecule has 0 saturated carbocycles. The Bertz CT molecular complexity index is 728. The zero-order chi connectivity index (χ0) is 13.8. The first-order chi connectivity index (χ1) is 9.11. The van der Waals surface area contributed by atoms with E-state index in [1.165, 1.54) is 0 Å². The molecule has 2 rings (SSSR count). The standard InChI is InChI=1S/C14H11NO4/c15-13(17)3-1-2-9-4-5-12-11(6-9)14(18)10(7-16)8-19-12/h1-2,4-8H,3H2,(H2,15,17). The van der Waals surface area contributed by atoms with Crippen molar-refractivity contribution in [2.24, 2.45) is 5.73 Å². The molecule has 0 aliphatic heterocycles. The highest BCUT2D eigenvalue weighted by molar-refractivity contribution is 5.85. The molecule has 1 heterocycles. The number of fused-ring (bicyclic) bond motifs is 1. The molecule has 5 heteroatoms. The quantitative estimate of drug-likeness (QED) is 0.840. The summed E-state index contributed by atoms with van der Waals surface area (Å²) in [5.41, 5.74) is 5.75. The SMILES string of the molecule is NC(=O)CC=Cc1ccc2occ(C=O)c(=O)c2c1. The lowest BCUT2D eigenvalue weighted by molar-refractivity contribution is -0.117. The number of amides is 1. The molecule has 0 aliphatic rings. The van der Waals surface area contributed by atoms with E-state index in [-0.39, 0.29) is 17.4 Å². The predicted molar refractivity (Wildman–Crippen MR) is 70.7 cm³/mol. The first-order valence-corrected chi connectivity index (χ1v) is 5.57. The minimum Gasteiger partial charge on any atom is -0.463 e. The number of primary amides is 1. The van der Waals surface area contributed by atoms with Crippen LogP contribution in [0.1, 0.15) is 22.3 Å². The Kier molecular flexibility index (Phi) is 3.56. The molecule has 19 heavy (non-hydrogen) atoms. The van der Waals surface area contributed by atoms with Gasteiger partial charge in [0.1, 0.15) is 11.8 Å². The van der Waals surface area contributed by atoms with Gasteiger partial charge < -0.3 is 10.2 Å². The van der Waals surface area contributed by atoms with Crippen LogP contribution in [0.3, 0.4) is 0 Å². The fourth-order valence-corrected chi connectivity index (χ4v) is 1.66. The van der Waals surface area contributed by atoms with Gasteiger partial charge in [-0.15, -0.1) is 0 Å². The van der Waals surface area contributed by atoms with Gasteiger partial charge in [-0.3, -0.25) is 14.4 Å². The lowest BCUT2D eigenvalue weighted by atomic mass is 10.1. The van der Waals surface area contributed by atoms with Crippen molar-refractivity contribution < 1.29 is 14.0 Å². The third-order valence-electron chi connectivity index (χ3n) is 2.58. The van der Waals surface area contributed by atoms with Crippen LogP contribution in [0.5, 0.6) is 0 Å². The van der Waals surface area contributed by atoms with Crippen LogP contribution in [0.4, 0.5) is 0 Å². The van der Waals surface area contributed by atoms with Crippen molar-refractivity contribution in [3.63, 3.8) is 0 Å². The molecule has 0 fully saturated rings. The molecule has 2 N–H and O–H groups in total. The van der Waals surface area contributed by atoms with E-state index >= 15 is 0 Å². The van der Waals surface area contributed by atoms with Gasteiger partial charge in [0.05, 0.1) is 10.9 Å². The average Bonchev–Trinajstić information content (AvgIpc) is 2.39. The maximum absolute atomic E-state index is 11.9. The Morgan fingerprint density at radius 1 is 1.37 bits per heavy atom. The highest BCUT2D eigenvalue weighted by Crippen LogP contribution is 2.14. The van der Waals surface area contributed by atoms with Crippen molar-refractivity contribution in [3.8, 4) is 0 Å². The Balaban J connectivity index is 2.47. The molecular formula is C14H11NO4. The summed E-state index contributed by atoms with van der Waals surface area (Å²) >= 11 is 0. The second kappa shape index (κ2) is 5.30. The van der Waals surface area contributed by atoms with E-state index in [0.29, 0.717) is 17.3 Å². The van der Waals surface area contributed by atoms with Gasteiger partial charge in [0, 0.05) is 6.42 Å². The average molecular weight is 257 g/mol. The van der Waals surface area contributed by atoms with Gasteiger partial charge >= 0.3 is 0 Å². The topological polar surface area (TPSA) is 90.4 Å². The van der Waals surface area contributed by atoms with Gasteiger partial charge in [0.2, 0.25) is 11.3 Å². The van der Waals surface area contributed by atoms with Crippen molar-refractivity contribution in [2.75, 3.05) is 0 Å². The molecule has 1 amide bonds. The van der Waals surface area contributed by atoms with Crippen LogP contribution < -0.4 is 11.2 Å². The van der Waals surface area contributed by atoms with Gasteiger partial charge in [-0.2, -0.15) is 0 Å². The third kappa shape index (κ3) is 2.77. The molecule has 1 aromatic carbocycles. The van der Waals surface area contributed by atoms with E-state index in [2.05, 4.69) is 0 Å². The number of carbonyl (C=O) groups is 2. The molecule has 96 valence electrons. The summed E-state index contributed by atoms with van der Waals surface area (Å²) in [6.45, 7) is 0. The van der Waals surface area contributed by atoms with Gasteiger partial charge in [-0.1, -0.05) is 18.2 Å². The summed E-state index contributed by atoms with van der Waals surface area (Å²) in [7, 11) is 0. The van der Waals surface area contributed by atoms with Crippen LogP contribution in [0.25, 0.3) is 17.0 Å². The van der Waals surface area contributed by atoms with E-state index in [0.717, 1.165) is 11.8 Å². The lowest BCUT2D eigenvalue weighted by Crippen LogP contribution is -2.08. The van der Waals surface area contributed by atoms with Crippen molar-refractivity contribution in [1.82, 2.24) is 0 Å². The van der Waals surface area contributed by atoms with Gasteiger partial charge in [-0.25, -0.2) is 0 Å². The smallest absolute Gasteiger partial charge is 0.221 e. The molecular weight excluding hydrogens is 246 g/mol. The third-order valence-corrected chi connectivity index (χ3v) is 2.58. The summed E-state index contributed by atoms with van der Waals surface area (Å²) in [4.78, 5) is 33.2. The van der Waals surface area contributed by atoms with Crippen LogP contribution in [0.2, 0.25) is 0 Å². The van der Waals surface area contributed by atoms with Gasteiger partial charge in [0.25, 0.3) is 0 Å². The Morgan fingerprint density at radius 3 is 2.84 bits per heavy atom. The zero-order valence-corrected chi connectivity index (χ0v) is 9.96. The van der Waals surface area contributed by atoms with E-state index < -0.39 is 5.91 Å². The van der Waals surface area contributed by atoms with Crippen LogP contribution in [0.15, 0.2) is 39.7 Å². The number of aldehydes is 1. The second-order valence-electron chi connectivity index (χ2n) is 3.97. The normalized spacial score (nSPS) is 10.9. The largest absolute Gasteiger partial charge is 0.463 e. The monoisotopic (exact) mass is 257 g/mol. The molecule has 5 nitrogen and oxygen atoms in total. The summed E-state index contributed by atoms with van der Waals surface area (Å²) in [5.74, 6) is -0.431. The summed E-state index contributed by atoms with van der Waals surface area (Å²) < 4.78 is 5.18. The highest BCUT2D eigenvalue weighted by atomic mass is 16.3. The molecule has 1 aromatic heterocycles. The summed E-state index contributed by atoms with van der Waals surface area (Å²) in [6, 6.07) is 4.98. The van der Waals surface area contributed by atoms with Gasteiger partial charge in [-0.05, 0) is 17.7 Å². The van der Waals surface area contributed by atoms with E-state index in [1.807, 2.05) is 0 Å². The second-order valence-corrected chi connectivity index (χ2v) is 3.97. The Hall–Kier alpha value is -2.69. The molecule has 0 radical (unpaired) electrons. The molecule has 0 spiro atoms. The van der Waals surface area contributed by atoms with Crippen LogP contribution in [-0.4, -0.2) is 12.2 Å². The lowest BCUT2D eigenvalue weighted by Gasteiger charge is -1.99. The fraction of sp³-hybridized carbons (Fsp3) is 0.0714. The van der Waals surface area contributed by atoms with Gasteiger partial charge in [0.15, 0.2) is 6.29 Å². The minimum absolute atomic E-state index is 0.0224. The first-order valence-electron chi connectivity index (χ1n) is 5.57. The number of carbonyl (C=O) groups excluding carboxylic acids is 2. The van der Waals surface area contributed by atoms with E-state index in [4.69, 9.17) is 10.2 Å². The molecule has 2 aromatic rings. The highest BCUT2D eigenvalue weighted by Gasteiger charge is 2.06. The maximum Gasteiger partial charge on any atom is 0.221 e. The number of nitrogens with two attached hydrogens (primary N) is 1.